The van der Waals surface area contributed by atoms with Crippen molar-refractivity contribution in [3.63, 3.8) is 0 Å². The van der Waals surface area contributed by atoms with Gasteiger partial charge in [0.1, 0.15) is 11.5 Å². The van der Waals surface area contributed by atoms with Crippen molar-refractivity contribution >= 4 is 39.6 Å². The van der Waals surface area contributed by atoms with Gasteiger partial charge in [-0.1, -0.05) is 140 Å². The molecule has 0 amide bonds. The SMILES string of the molecule is C1=CC(c2ccc(-c3ccc4c(c3)Oc3cccc5c3B4c3cccc4c(-c6ccccc6)c(-c6ccccc6)n-5c34)cc2)=CCC1. The highest BCUT2D eigenvalue weighted by Crippen LogP contribution is 2.44. The number of para-hydroxylation sites is 1. The summed E-state index contributed by atoms with van der Waals surface area (Å²) >= 11 is 0. The minimum absolute atomic E-state index is 0.0738. The molecule has 47 heavy (non-hydrogen) atoms. The molecule has 0 bridgehead atoms. The van der Waals surface area contributed by atoms with Gasteiger partial charge in [-0.05, 0) is 80.8 Å². The van der Waals surface area contributed by atoms with Gasteiger partial charge >= 0.3 is 0 Å². The molecule has 0 spiro atoms. The Morgan fingerprint density at radius 3 is 2.09 bits per heavy atom. The summed E-state index contributed by atoms with van der Waals surface area (Å²) in [5.74, 6) is 1.86. The quantitative estimate of drug-likeness (QED) is 0.184. The molecule has 6 aromatic carbocycles. The lowest BCUT2D eigenvalue weighted by Gasteiger charge is -2.33. The Hall–Kier alpha value is -5.80. The third-order valence-electron chi connectivity index (χ3n) is 10.1. The summed E-state index contributed by atoms with van der Waals surface area (Å²) in [6, 6.07) is 50.8. The molecule has 0 unspecified atom stereocenters. The maximum atomic E-state index is 6.82. The Balaban J connectivity index is 1.18. The first-order chi connectivity index (χ1) is 23.3. The van der Waals surface area contributed by atoms with Crippen molar-refractivity contribution in [3.8, 4) is 50.7 Å². The van der Waals surface area contributed by atoms with Gasteiger partial charge in [0.25, 0.3) is 6.71 Å². The Kier molecular flexibility index (Phi) is 5.83. The molecule has 7 aromatic rings. The molecule has 0 fully saturated rings. The molecule has 220 valence electrons. The van der Waals surface area contributed by atoms with Crippen molar-refractivity contribution in [1.29, 1.82) is 0 Å². The normalized spacial score (nSPS) is 14.0. The molecule has 2 aliphatic heterocycles. The van der Waals surface area contributed by atoms with Crippen LogP contribution >= 0.6 is 0 Å². The fraction of sp³-hybridized carbons (Fsp3) is 0.0455. The van der Waals surface area contributed by atoms with E-state index in [4.69, 9.17) is 4.74 Å². The lowest BCUT2D eigenvalue weighted by Crippen LogP contribution is -2.58. The van der Waals surface area contributed by atoms with Gasteiger partial charge in [0.05, 0.1) is 5.69 Å². The predicted octanol–water partition coefficient (Wildman–Crippen LogP) is 9.30. The highest BCUT2D eigenvalue weighted by Gasteiger charge is 2.41. The zero-order valence-electron chi connectivity index (χ0n) is 25.9. The maximum absolute atomic E-state index is 6.82. The number of hydrogen-bond donors (Lipinski definition) is 0. The van der Waals surface area contributed by atoms with Crippen LogP contribution in [0.1, 0.15) is 18.4 Å². The van der Waals surface area contributed by atoms with Crippen molar-refractivity contribution in [1.82, 2.24) is 4.57 Å². The fourth-order valence-corrected chi connectivity index (χ4v) is 8.03. The van der Waals surface area contributed by atoms with Crippen LogP contribution in [0.15, 0.2) is 158 Å². The van der Waals surface area contributed by atoms with Crippen molar-refractivity contribution < 1.29 is 4.74 Å². The lowest BCUT2D eigenvalue weighted by atomic mass is 9.34. The van der Waals surface area contributed by atoms with Gasteiger partial charge < -0.3 is 9.30 Å². The van der Waals surface area contributed by atoms with E-state index >= 15 is 0 Å². The van der Waals surface area contributed by atoms with Crippen LogP contribution < -0.4 is 21.1 Å². The molecule has 1 aliphatic carbocycles. The zero-order valence-corrected chi connectivity index (χ0v) is 25.9. The van der Waals surface area contributed by atoms with E-state index in [1.54, 1.807) is 0 Å². The highest BCUT2D eigenvalue weighted by molar-refractivity contribution is 6.99. The van der Waals surface area contributed by atoms with Gasteiger partial charge in [0, 0.05) is 22.2 Å². The topological polar surface area (TPSA) is 14.2 Å². The average Bonchev–Trinajstić information content (AvgIpc) is 3.50. The fourth-order valence-electron chi connectivity index (χ4n) is 8.03. The molecule has 0 radical (unpaired) electrons. The second-order valence-electron chi connectivity index (χ2n) is 12.7. The lowest BCUT2D eigenvalue weighted by molar-refractivity contribution is 0.487. The highest BCUT2D eigenvalue weighted by atomic mass is 16.5. The summed E-state index contributed by atoms with van der Waals surface area (Å²) in [6.45, 7) is 0.0738. The number of fused-ring (bicyclic) bond motifs is 4. The number of rotatable bonds is 4. The first kappa shape index (κ1) is 26.4. The molecule has 0 saturated heterocycles. The monoisotopic (exact) mass is 599 g/mol. The van der Waals surface area contributed by atoms with E-state index in [2.05, 4.69) is 162 Å². The Morgan fingerprint density at radius 2 is 1.30 bits per heavy atom. The van der Waals surface area contributed by atoms with E-state index in [0.717, 1.165) is 29.9 Å². The number of ether oxygens (including phenoxy) is 1. The van der Waals surface area contributed by atoms with E-state index in [1.807, 2.05) is 0 Å². The molecular weight excluding hydrogens is 569 g/mol. The Labute approximate surface area is 275 Å². The van der Waals surface area contributed by atoms with Crippen molar-refractivity contribution in [3.05, 3.63) is 163 Å². The summed E-state index contributed by atoms with van der Waals surface area (Å²) in [5, 5.41) is 1.27. The Morgan fingerprint density at radius 1 is 0.553 bits per heavy atom. The maximum Gasteiger partial charge on any atom is 0.256 e. The summed E-state index contributed by atoms with van der Waals surface area (Å²) in [4.78, 5) is 0. The van der Waals surface area contributed by atoms with E-state index in [-0.39, 0.29) is 6.71 Å². The number of allylic oxidation sites excluding steroid dienone is 4. The molecule has 1 aromatic heterocycles. The second-order valence-corrected chi connectivity index (χ2v) is 12.7. The molecule has 0 atom stereocenters. The molecule has 3 aliphatic rings. The van der Waals surface area contributed by atoms with Crippen LogP contribution in [0.25, 0.3) is 55.7 Å². The first-order valence-corrected chi connectivity index (χ1v) is 16.5. The minimum atomic E-state index is 0.0738. The third kappa shape index (κ3) is 3.99. The number of aromatic nitrogens is 1. The van der Waals surface area contributed by atoms with Crippen LogP contribution in [-0.4, -0.2) is 11.3 Å². The molecule has 3 heterocycles. The summed E-state index contributed by atoms with van der Waals surface area (Å²) in [6.07, 6.45) is 9.08. The van der Waals surface area contributed by atoms with Gasteiger partial charge in [-0.25, -0.2) is 0 Å². The summed E-state index contributed by atoms with van der Waals surface area (Å²) in [7, 11) is 0. The number of hydrogen-bond acceptors (Lipinski definition) is 1. The van der Waals surface area contributed by atoms with E-state index < -0.39 is 0 Å². The van der Waals surface area contributed by atoms with Crippen LogP contribution in [0.3, 0.4) is 0 Å². The van der Waals surface area contributed by atoms with Crippen LogP contribution in [0.2, 0.25) is 0 Å². The molecular formula is C44H30BNO. The largest absolute Gasteiger partial charge is 0.458 e. The minimum Gasteiger partial charge on any atom is -0.458 e. The third-order valence-corrected chi connectivity index (χ3v) is 10.1. The molecule has 10 rings (SSSR count). The van der Waals surface area contributed by atoms with E-state index in [1.165, 1.54) is 72.1 Å². The van der Waals surface area contributed by atoms with Gasteiger partial charge in [-0.3, -0.25) is 0 Å². The molecule has 0 saturated carbocycles. The number of benzene rings is 6. The molecule has 0 N–H and O–H groups in total. The predicted molar refractivity (Wildman–Crippen MR) is 197 cm³/mol. The van der Waals surface area contributed by atoms with Gasteiger partial charge in [-0.2, -0.15) is 0 Å². The Bertz CT molecular complexity index is 2420. The zero-order chi connectivity index (χ0) is 30.9. The van der Waals surface area contributed by atoms with Crippen molar-refractivity contribution in [2.24, 2.45) is 0 Å². The summed E-state index contributed by atoms with van der Waals surface area (Å²) < 4.78 is 9.32. The van der Waals surface area contributed by atoms with E-state index in [0.29, 0.717) is 0 Å². The van der Waals surface area contributed by atoms with Crippen molar-refractivity contribution in [2.75, 3.05) is 0 Å². The smallest absolute Gasteiger partial charge is 0.256 e. The first-order valence-electron chi connectivity index (χ1n) is 16.5. The van der Waals surface area contributed by atoms with Crippen LogP contribution in [0.4, 0.5) is 0 Å². The standard InChI is InChI=1S/C44H30BNO/c1-4-12-29(13-5-1)30-22-24-31(25-23-30)34-26-27-36-40(28-34)47-39-21-11-20-38-42(39)45(36)37-19-10-18-35-41(32-14-6-2-7-15-32)43(46(38)44(35)37)33-16-8-3-9-17-33/h2-4,6-28H,1,5H2. The van der Waals surface area contributed by atoms with Crippen molar-refractivity contribution in [2.45, 2.75) is 12.8 Å². The van der Waals surface area contributed by atoms with Gasteiger partial charge in [0.15, 0.2) is 0 Å². The molecule has 3 heteroatoms. The average molecular weight is 600 g/mol. The summed E-state index contributed by atoms with van der Waals surface area (Å²) in [5.41, 5.74) is 16.1. The second kappa shape index (κ2) is 10.4. The van der Waals surface area contributed by atoms with Crippen LogP contribution in [0, 0.1) is 0 Å². The molecule has 2 nitrogen and oxygen atoms in total. The van der Waals surface area contributed by atoms with Gasteiger partial charge in [0.2, 0.25) is 0 Å². The van der Waals surface area contributed by atoms with Gasteiger partial charge in [-0.15, -0.1) is 0 Å². The van der Waals surface area contributed by atoms with E-state index in [9.17, 15) is 0 Å². The number of nitrogens with zero attached hydrogens (tertiary/aromatic N) is 1. The van der Waals surface area contributed by atoms with Crippen LogP contribution in [-0.2, 0) is 0 Å². The van der Waals surface area contributed by atoms with Crippen LogP contribution in [0.5, 0.6) is 11.5 Å².